The normalized spacial score (nSPS) is 14.7. The highest BCUT2D eigenvalue weighted by atomic mass is 16.5. The van der Waals surface area contributed by atoms with Gasteiger partial charge >= 0.3 is 0 Å². The van der Waals surface area contributed by atoms with Crippen LogP contribution in [0.3, 0.4) is 0 Å². The zero-order valence-corrected chi connectivity index (χ0v) is 21.1. The summed E-state index contributed by atoms with van der Waals surface area (Å²) in [5.74, 6) is 0.552. The van der Waals surface area contributed by atoms with Crippen molar-refractivity contribution in [1.82, 2.24) is 19.6 Å². The van der Waals surface area contributed by atoms with E-state index in [1.54, 1.807) is 7.11 Å². The molecule has 0 spiro atoms. The Bertz CT molecular complexity index is 1220. The molecule has 1 N–H and O–H groups in total. The standard InChI is InChI=1S/C28H35N5O2/c1-5-7-8-21(3)31-15-17-32(18-16-31)23-11-9-22(10-12-23)19-29-28(34)27-25(6-2)30-26-14-13-24(35-4)20-33(26)27/h5,7-14,20H,6,15-19H2,1-4H3,(H,29,34). The highest BCUT2D eigenvalue weighted by molar-refractivity contribution is 5.94. The largest absolute Gasteiger partial charge is 0.495 e. The van der Waals surface area contributed by atoms with E-state index >= 15 is 0 Å². The number of amides is 1. The number of pyridine rings is 1. The minimum absolute atomic E-state index is 0.135. The highest BCUT2D eigenvalue weighted by Gasteiger charge is 2.19. The third-order valence-corrected chi connectivity index (χ3v) is 6.51. The van der Waals surface area contributed by atoms with Gasteiger partial charge in [0.1, 0.15) is 17.1 Å². The van der Waals surface area contributed by atoms with Gasteiger partial charge in [-0.15, -0.1) is 0 Å². The molecule has 0 bridgehead atoms. The molecule has 184 valence electrons. The summed E-state index contributed by atoms with van der Waals surface area (Å²) < 4.78 is 7.14. The van der Waals surface area contributed by atoms with E-state index in [0.29, 0.717) is 24.4 Å². The van der Waals surface area contributed by atoms with E-state index in [2.05, 4.69) is 69.5 Å². The van der Waals surface area contributed by atoms with Crippen molar-refractivity contribution in [3.8, 4) is 5.75 Å². The molecule has 0 saturated carbocycles. The van der Waals surface area contributed by atoms with Gasteiger partial charge in [-0.3, -0.25) is 9.20 Å². The Hall–Kier alpha value is -3.74. The summed E-state index contributed by atoms with van der Waals surface area (Å²) in [6, 6.07) is 12.2. The molecule has 7 nitrogen and oxygen atoms in total. The first-order valence-electron chi connectivity index (χ1n) is 12.3. The molecule has 0 aliphatic carbocycles. The monoisotopic (exact) mass is 473 g/mol. The van der Waals surface area contributed by atoms with Crippen molar-refractivity contribution >= 4 is 17.2 Å². The molecule has 0 atom stereocenters. The number of nitrogens with one attached hydrogen (secondary N) is 1. The Balaban J connectivity index is 1.37. The van der Waals surface area contributed by atoms with Gasteiger partial charge in [0.05, 0.1) is 19.0 Å². The van der Waals surface area contributed by atoms with Gasteiger partial charge in [-0.25, -0.2) is 4.98 Å². The maximum atomic E-state index is 13.1. The average molecular weight is 474 g/mol. The fraction of sp³-hybridized carbons (Fsp3) is 0.357. The predicted octanol–water partition coefficient (Wildman–Crippen LogP) is 4.44. The van der Waals surface area contributed by atoms with E-state index in [1.165, 1.54) is 11.4 Å². The molecule has 1 amide bonds. The number of rotatable bonds is 8. The minimum atomic E-state index is -0.135. The van der Waals surface area contributed by atoms with Gasteiger partial charge in [0, 0.05) is 44.1 Å². The number of allylic oxidation sites excluding steroid dienone is 4. The van der Waals surface area contributed by atoms with Crippen molar-refractivity contribution in [2.75, 3.05) is 38.2 Å². The lowest BCUT2D eigenvalue weighted by Gasteiger charge is -2.37. The van der Waals surface area contributed by atoms with Crippen LogP contribution in [0.25, 0.3) is 5.65 Å². The molecule has 2 aromatic heterocycles. The van der Waals surface area contributed by atoms with Crippen molar-refractivity contribution in [3.05, 3.63) is 83.5 Å². The van der Waals surface area contributed by atoms with Gasteiger partial charge in [0.25, 0.3) is 5.91 Å². The minimum Gasteiger partial charge on any atom is -0.495 e. The Labute approximate surface area is 207 Å². The Morgan fingerprint density at radius 3 is 2.51 bits per heavy atom. The summed E-state index contributed by atoms with van der Waals surface area (Å²) in [5.41, 5.74) is 5.68. The SMILES string of the molecule is CC=CC=C(C)N1CCN(c2ccc(CNC(=O)c3c(CC)nc4ccc(OC)cn34)cc2)CC1. The Kier molecular flexibility index (Phi) is 7.75. The van der Waals surface area contributed by atoms with Crippen molar-refractivity contribution in [2.24, 2.45) is 0 Å². The van der Waals surface area contributed by atoms with E-state index < -0.39 is 0 Å². The third-order valence-electron chi connectivity index (χ3n) is 6.51. The fourth-order valence-corrected chi connectivity index (χ4v) is 4.43. The zero-order chi connectivity index (χ0) is 24.8. The number of piperazine rings is 1. The summed E-state index contributed by atoms with van der Waals surface area (Å²) >= 11 is 0. The molecule has 1 fully saturated rings. The van der Waals surface area contributed by atoms with Crippen molar-refractivity contribution in [1.29, 1.82) is 0 Å². The summed E-state index contributed by atoms with van der Waals surface area (Å²) in [6.07, 6.45) is 8.81. The number of fused-ring (bicyclic) bond motifs is 1. The highest BCUT2D eigenvalue weighted by Crippen LogP contribution is 2.20. The number of benzene rings is 1. The molecule has 7 heteroatoms. The van der Waals surface area contributed by atoms with Crippen LogP contribution in [0.2, 0.25) is 0 Å². The number of nitrogens with zero attached hydrogens (tertiary/aromatic N) is 4. The second kappa shape index (κ2) is 11.1. The fourth-order valence-electron chi connectivity index (χ4n) is 4.43. The summed E-state index contributed by atoms with van der Waals surface area (Å²) in [7, 11) is 1.62. The maximum absolute atomic E-state index is 13.1. The maximum Gasteiger partial charge on any atom is 0.270 e. The number of anilines is 1. The number of carbonyl (C=O) groups is 1. The van der Waals surface area contributed by atoms with Crippen LogP contribution in [0, 0.1) is 0 Å². The van der Waals surface area contributed by atoms with E-state index in [4.69, 9.17) is 4.74 Å². The number of imidazole rings is 1. The predicted molar refractivity (Wildman–Crippen MR) is 141 cm³/mol. The van der Waals surface area contributed by atoms with Gasteiger partial charge < -0.3 is 19.9 Å². The van der Waals surface area contributed by atoms with Crippen LogP contribution < -0.4 is 15.0 Å². The van der Waals surface area contributed by atoms with Crippen molar-refractivity contribution < 1.29 is 9.53 Å². The number of carbonyl (C=O) groups excluding carboxylic acids is 1. The second-order valence-electron chi connectivity index (χ2n) is 8.71. The number of hydrogen-bond acceptors (Lipinski definition) is 5. The Morgan fingerprint density at radius 1 is 1.11 bits per heavy atom. The van der Waals surface area contributed by atoms with Crippen LogP contribution in [0.5, 0.6) is 5.75 Å². The van der Waals surface area contributed by atoms with Crippen LogP contribution in [0.15, 0.2) is 66.5 Å². The summed E-state index contributed by atoms with van der Waals surface area (Å²) in [6.45, 7) is 10.7. The van der Waals surface area contributed by atoms with Crippen LogP contribution in [0.1, 0.15) is 42.5 Å². The van der Waals surface area contributed by atoms with E-state index in [0.717, 1.165) is 43.1 Å². The molecule has 0 unspecified atom stereocenters. The third kappa shape index (κ3) is 5.50. The van der Waals surface area contributed by atoms with E-state index in [-0.39, 0.29) is 5.91 Å². The lowest BCUT2D eigenvalue weighted by Crippen LogP contribution is -2.45. The first kappa shape index (κ1) is 24.4. The van der Waals surface area contributed by atoms with Gasteiger partial charge in [-0.2, -0.15) is 0 Å². The van der Waals surface area contributed by atoms with Gasteiger partial charge in [0.15, 0.2) is 0 Å². The molecule has 1 aliphatic rings. The number of aryl methyl sites for hydroxylation is 1. The lowest BCUT2D eigenvalue weighted by molar-refractivity contribution is 0.0944. The van der Waals surface area contributed by atoms with Gasteiger partial charge in [-0.1, -0.05) is 31.2 Å². The van der Waals surface area contributed by atoms with Crippen molar-refractivity contribution in [3.63, 3.8) is 0 Å². The lowest BCUT2D eigenvalue weighted by atomic mass is 10.1. The second-order valence-corrected chi connectivity index (χ2v) is 8.71. The van der Waals surface area contributed by atoms with E-state index in [1.807, 2.05) is 36.6 Å². The summed E-state index contributed by atoms with van der Waals surface area (Å²) in [5, 5.41) is 3.07. The molecule has 1 saturated heterocycles. The van der Waals surface area contributed by atoms with Crippen molar-refractivity contribution in [2.45, 2.75) is 33.7 Å². The molecule has 35 heavy (non-hydrogen) atoms. The molecule has 3 heterocycles. The number of methoxy groups -OCH3 is 1. The van der Waals surface area contributed by atoms with Crippen LogP contribution >= 0.6 is 0 Å². The first-order chi connectivity index (χ1) is 17.0. The van der Waals surface area contributed by atoms with Crippen LogP contribution in [-0.2, 0) is 13.0 Å². The zero-order valence-electron chi connectivity index (χ0n) is 21.1. The van der Waals surface area contributed by atoms with Crippen LogP contribution in [0.4, 0.5) is 5.69 Å². The molecular formula is C28H35N5O2. The van der Waals surface area contributed by atoms with Crippen LogP contribution in [-0.4, -0.2) is 53.5 Å². The molecule has 1 aromatic carbocycles. The molecule has 4 rings (SSSR count). The van der Waals surface area contributed by atoms with Gasteiger partial charge in [-0.05, 0) is 56.2 Å². The topological polar surface area (TPSA) is 62.1 Å². The molecular weight excluding hydrogens is 438 g/mol. The molecule has 3 aromatic rings. The Morgan fingerprint density at radius 2 is 1.86 bits per heavy atom. The average Bonchev–Trinajstić information content (AvgIpc) is 3.28. The molecule has 1 aliphatic heterocycles. The first-order valence-corrected chi connectivity index (χ1v) is 12.3. The number of aromatic nitrogens is 2. The van der Waals surface area contributed by atoms with E-state index in [9.17, 15) is 4.79 Å². The quantitative estimate of drug-likeness (QED) is 0.490. The summed E-state index contributed by atoms with van der Waals surface area (Å²) in [4.78, 5) is 22.6. The number of ether oxygens (including phenoxy) is 1. The van der Waals surface area contributed by atoms with Gasteiger partial charge in [0.2, 0.25) is 0 Å². The number of hydrogen-bond donors (Lipinski definition) is 1. The smallest absolute Gasteiger partial charge is 0.270 e. The molecule has 0 radical (unpaired) electrons.